The summed E-state index contributed by atoms with van der Waals surface area (Å²) in [7, 11) is 3.03. The number of primary amides is 1. The fourth-order valence-electron chi connectivity index (χ4n) is 4.91. The number of amides is 4. The summed E-state index contributed by atoms with van der Waals surface area (Å²) in [6.07, 6.45) is 1.52. The van der Waals surface area contributed by atoms with Crippen molar-refractivity contribution in [3.05, 3.63) is 155 Å². The van der Waals surface area contributed by atoms with Crippen LogP contribution in [0.2, 0.25) is 0 Å². The summed E-state index contributed by atoms with van der Waals surface area (Å²) >= 11 is 1.30. The maximum Gasteiger partial charge on any atom is 0.272 e. The molecule has 5 rings (SSSR count). The van der Waals surface area contributed by atoms with Crippen molar-refractivity contribution in [2.24, 2.45) is 5.73 Å². The minimum absolute atomic E-state index is 0.0269. The third-order valence-electron chi connectivity index (χ3n) is 7.42. The van der Waals surface area contributed by atoms with Gasteiger partial charge in [-0.05, 0) is 78.4 Å². The van der Waals surface area contributed by atoms with Gasteiger partial charge in [0.15, 0.2) is 0 Å². The molecule has 0 fully saturated rings. The smallest absolute Gasteiger partial charge is 0.272 e. The van der Waals surface area contributed by atoms with E-state index in [2.05, 4.69) is 16.0 Å². The quantitative estimate of drug-likeness (QED) is 0.0797. The first-order chi connectivity index (χ1) is 24.2. The Kier molecular flexibility index (Phi) is 11.7. The molecule has 0 heterocycles. The first-order valence-electron chi connectivity index (χ1n) is 15.4. The maximum absolute atomic E-state index is 13.7. The molecule has 0 radical (unpaired) electrons. The van der Waals surface area contributed by atoms with Crippen LogP contribution in [0.15, 0.2) is 138 Å². The summed E-state index contributed by atoms with van der Waals surface area (Å²) in [5, 5.41) is 7.73. The molecule has 0 aliphatic carbocycles. The molecular formula is C39H34N4O6S. The molecule has 0 aliphatic rings. The molecule has 5 N–H and O–H groups in total. The van der Waals surface area contributed by atoms with E-state index in [1.54, 1.807) is 97.1 Å². The lowest BCUT2D eigenvalue weighted by Crippen LogP contribution is -2.30. The monoisotopic (exact) mass is 686 g/mol. The largest absolute Gasteiger partial charge is 0.497 e. The van der Waals surface area contributed by atoms with E-state index >= 15 is 0 Å². The number of methoxy groups -OCH3 is 2. The highest BCUT2D eigenvalue weighted by molar-refractivity contribution is 8.00. The van der Waals surface area contributed by atoms with E-state index < -0.39 is 23.0 Å². The van der Waals surface area contributed by atoms with Crippen molar-refractivity contribution in [2.45, 2.75) is 10.1 Å². The van der Waals surface area contributed by atoms with Crippen LogP contribution in [0.4, 0.5) is 11.4 Å². The molecule has 5 aromatic rings. The molecular weight excluding hydrogens is 653 g/mol. The zero-order valence-electron chi connectivity index (χ0n) is 27.2. The van der Waals surface area contributed by atoms with Gasteiger partial charge in [0.2, 0.25) is 5.91 Å². The van der Waals surface area contributed by atoms with Crippen LogP contribution in [-0.2, 0) is 9.59 Å². The number of rotatable bonds is 13. The van der Waals surface area contributed by atoms with Crippen LogP contribution in [0.5, 0.6) is 11.5 Å². The Balaban J connectivity index is 1.37. The number of nitrogens with one attached hydrogen (secondary N) is 3. The van der Waals surface area contributed by atoms with Gasteiger partial charge >= 0.3 is 0 Å². The van der Waals surface area contributed by atoms with Crippen LogP contribution in [0.3, 0.4) is 0 Å². The fraction of sp³-hybridized carbons (Fsp3) is 0.0769. The number of thioether (sulfide) groups is 1. The van der Waals surface area contributed by atoms with Gasteiger partial charge in [0.25, 0.3) is 17.7 Å². The Bertz CT molecular complexity index is 2020. The topological polar surface area (TPSA) is 149 Å². The first-order valence-corrected chi connectivity index (χ1v) is 16.3. The highest BCUT2D eigenvalue weighted by Gasteiger charge is 2.24. The van der Waals surface area contributed by atoms with Crippen LogP contribution in [0.1, 0.15) is 37.1 Å². The van der Waals surface area contributed by atoms with Gasteiger partial charge in [-0.1, -0.05) is 60.7 Å². The predicted octanol–water partition coefficient (Wildman–Crippen LogP) is 6.68. The van der Waals surface area contributed by atoms with Crippen molar-refractivity contribution < 1.29 is 28.7 Å². The van der Waals surface area contributed by atoms with Gasteiger partial charge in [-0.15, -0.1) is 11.8 Å². The summed E-state index contributed by atoms with van der Waals surface area (Å²) in [5.41, 5.74) is 8.11. The van der Waals surface area contributed by atoms with Crippen molar-refractivity contribution in [3.63, 3.8) is 0 Å². The zero-order chi connectivity index (χ0) is 35.5. The standard InChI is InChI=1S/C39H34N4O6S/c1-48-29-19-22-34(49-2)27(23-29)24-33(43-37(45)26-13-7-4-8-14-26)38(46)41-28-17-20-30(21-18-28)50-35(25-11-5-3-6-12-25)39(47)42-32-16-10-9-15-31(32)36(40)44/h3-24,35H,1-2H3,(H2,40,44)(H,41,46)(H,42,47)(H,43,45)/b33-24-. The second kappa shape index (κ2) is 16.7. The minimum atomic E-state index is -0.682. The Morgan fingerprint density at radius 3 is 2.06 bits per heavy atom. The van der Waals surface area contributed by atoms with Crippen molar-refractivity contribution in [1.29, 1.82) is 0 Å². The molecule has 10 nitrogen and oxygen atoms in total. The lowest BCUT2D eigenvalue weighted by molar-refractivity contribution is -0.116. The van der Waals surface area contributed by atoms with Gasteiger partial charge in [-0.3, -0.25) is 19.2 Å². The Labute approximate surface area is 293 Å². The van der Waals surface area contributed by atoms with Crippen LogP contribution in [0.25, 0.3) is 6.08 Å². The van der Waals surface area contributed by atoms with Gasteiger partial charge in [-0.25, -0.2) is 0 Å². The molecule has 1 atom stereocenters. The second-order valence-corrected chi connectivity index (χ2v) is 12.0. The van der Waals surface area contributed by atoms with Crippen molar-refractivity contribution >= 4 is 52.8 Å². The Hall–Kier alpha value is -6.33. The van der Waals surface area contributed by atoms with Gasteiger partial charge in [-0.2, -0.15) is 0 Å². The molecule has 252 valence electrons. The lowest BCUT2D eigenvalue weighted by Gasteiger charge is -2.18. The van der Waals surface area contributed by atoms with Crippen molar-refractivity contribution in [2.75, 3.05) is 24.9 Å². The summed E-state index contributed by atoms with van der Waals surface area (Å²) in [6.45, 7) is 0. The molecule has 1 unspecified atom stereocenters. The number of anilines is 2. The van der Waals surface area contributed by atoms with Crippen LogP contribution in [0, 0.1) is 0 Å². The fourth-order valence-corrected chi connectivity index (χ4v) is 5.93. The highest BCUT2D eigenvalue weighted by Crippen LogP contribution is 2.37. The second-order valence-electron chi connectivity index (χ2n) is 10.8. The number of benzene rings is 5. The SMILES string of the molecule is COc1ccc(OC)c(/C=C(\NC(=O)c2ccccc2)C(=O)Nc2ccc(SC(C(=O)Nc3ccccc3C(N)=O)c3ccccc3)cc2)c1. The van der Waals surface area contributed by atoms with Crippen molar-refractivity contribution in [1.82, 2.24) is 5.32 Å². The molecule has 4 amide bonds. The molecule has 0 saturated carbocycles. The normalized spacial score (nSPS) is 11.5. The Morgan fingerprint density at radius 2 is 1.40 bits per heavy atom. The third-order valence-corrected chi connectivity index (χ3v) is 8.69. The highest BCUT2D eigenvalue weighted by atomic mass is 32.2. The molecule has 0 bridgehead atoms. The first kappa shape index (κ1) is 35.0. The van der Waals surface area contributed by atoms with Gasteiger partial charge in [0.1, 0.15) is 22.4 Å². The van der Waals surface area contributed by atoms with E-state index in [1.165, 1.54) is 32.1 Å². The van der Waals surface area contributed by atoms with Gasteiger partial charge < -0.3 is 31.2 Å². The van der Waals surface area contributed by atoms with Crippen LogP contribution in [-0.4, -0.2) is 37.8 Å². The molecule has 0 spiro atoms. The summed E-state index contributed by atoms with van der Waals surface area (Å²) in [6, 6.07) is 36.4. The molecule has 5 aromatic carbocycles. The number of nitrogens with two attached hydrogens (primary N) is 1. The maximum atomic E-state index is 13.7. The molecule has 0 aromatic heterocycles. The number of carbonyl (C=O) groups excluding carboxylic acids is 4. The number of hydrogen-bond donors (Lipinski definition) is 4. The molecule has 0 aliphatic heterocycles. The van der Waals surface area contributed by atoms with E-state index in [0.717, 1.165) is 10.5 Å². The zero-order valence-corrected chi connectivity index (χ0v) is 28.0. The Morgan fingerprint density at radius 1 is 0.740 bits per heavy atom. The molecule has 0 saturated heterocycles. The van der Waals surface area contributed by atoms with Crippen LogP contribution >= 0.6 is 11.8 Å². The predicted molar refractivity (Wildman–Crippen MR) is 195 cm³/mol. The number of para-hydroxylation sites is 1. The minimum Gasteiger partial charge on any atom is -0.497 e. The van der Waals surface area contributed by atoms with E-state index in [1.807, 2.05) is 30.3 Å². The summed E-state index contributed by atoms with van der Waals surface area (Å²) < 4.78 is 10.8. The number of ether oxygens (including phenoxy) is 2. The van der Waals surface area contributed by atoms with Gasteiger partial charge in [0.05, 0.1) is 25.5 Å². The van der Waals surface area contributed by atoms with E-state index in [-0.39, 0.29) is 17.2 Å². The number of hydrogen-bond acceptors (Lipinski definition) is 7. The van der Waals surface area contributed by atoms with Gasteiger partial charge in [0, 0.05) is 21.7 Å². The molecule has 50 heavy (non-hydrogen) atoms. The molecule has 11 heteroatoms. The summed E-state index contributed by atoms with van der Waals surface area (Å²) in [4.78, 5) is 53.1. The summed E-state index contributed by atoms with van der Waals surface area (Å²) in [5.74, 6) is -1.02. The average molecular weight is 687 g/mol. The lowest BCUT2D eigenvalue weighted by atomic mass is 10.1. The van der Waals surface area contributed by atoms with E-state index in [9.17, 15) is 19.2 Å². The third kappa shape index (κ3) is 8.97. The van der Waals surface area contributed by atoms with E-state index in [0.29, 0.717) is 34.0 Å². The van der Waals surface area contributed by atoms with Crippen LogP contribution < -0.4 is 31.2 Å². The number of carbonyl (C=O) groups is 4. The average Bonchev–Trinajstić information content (AvgIpc) is 3.14. The van der Waals surface area contributed by atoms with Crippen molar-refractivity contribution in [3.8, 4) is 11.5 Å². The van der Waals surface area contributed by atoms with E-state index in [4.69, 9.17) is 15.2 Å².